The van der Waals surface area contributed by atoms with Crippen molar-refractivity contribution < 1.29 is 0 Å². The highest BCUT2D eigenvalue weighted by Crippen LogP contribution is 2.25. The van der Waals surface area contributed by atoms with Gasteiger partial charge in [-0.2, -0.15) is 5.12 Å². The first-order valence-electron chi connectivity index (χ1n) is 6.21. The van der Waals surface area contributed by atoms with Gasteiger partial charge in [-0.25, -0.2) is 0 Å². The molecule has 4 heteroatoms. The Balaban J connectivity index is 2.44. The summed E-state index contributed by atoms with van der Waals surface area (Å²) in [7, 11) is 4.02. The van der Waals surface area contributed by atoms with E-state index >= 15 is 0 Å². The molecule has 4 N–H and O–H groups in total. The van der Waals surface area contributed by atoms with E-state index < -0.39 is 0 Å². The van der Waals surface area contributed by atoms with Gasteiger partial charge < -0.3 is 4.90 Å². The molecule has 0 aliphatic heterocycles. The van der Waals surface area contributed by atoms with Crippen LogP contribution in [-0.2, 0) is 0 Å². The van der Waals surface area contributed by atoms with Gasteiger partial charge >= 0.3 is 0 Å². The highest BCUT2D eigenvalue weighted by Gasteiger charge is 2.22. The predicted molar refractivity (Wildman–Crippen MR) is 79.3 cm³/mol. The summed E-state index contributed by atoms with van der Waals surface area (Å²) in [6.07, 6.45) is 8.15. The number of allylic oxidation sites excluding steroid dienone is 2. The Morgan fingerprint density at radius 1 is 1.11 bits per heavy atom. The molecule has 0 saturated carbocycles. The number of nitrogens with two attached hydrogens (primary N) is 2. The molecule has 0 bridgehead atoms. The zero-order valence-corrected chi connectivity index (χ0v) is 11.3. The molecule has 0 fully saturated rings. The maximum atomic E-state index is 5.75. The van der Waals surface area contributed by atoms with Crippen molar-refractivity contribution in [3.05, 3.63) is 65.4 Å². The Bertz CT molecular complexity index is 512. The van der Waals surface area contributed by atoms with E-state index in [2.05, 4.69) is 29.2 Å². The smallest absolute Gasteiger partial charge is 0.0848 e. The molecule has 1 unspecified atom stereocenters. The van der Waals surface area contributed by atoms with Gasteiger partial charge in [-0.1, -0.05) is 42.5 Å². The third-order valence-corrected chi connectivity index (χ3v) is 3.09. The van der Waals surface area contributed by atoms with Crippen LogP contribution in [0.5, 0.6) is 0 Å². The van der Waals surface area contributed by atoms with E-state index in [9.17, 15) is 0 Å². The predicted octanol–water partition coefficient (Wildman–Crippen LogP) is 1.50. The summed E-state index contributed by atoms with van der Waals surface area (Å²) in [4.78, 5) is 2.06. The first-order valence-corrected chi connectivity index (χ1v) is 6.21. The number of likely N-dealkylation sites (N-methyl/N-ethyl adjacent to an activating group) is 1. The van der Waals surface area contributed by atoms with Crippen LogP contribution in [-0.4, -0.2) is 30.2 Å². The third-order valence-electron chi connectivity index (χ3n) is 3.09. The lowest BCUT2D eigenvalue weighted by Gasteiger charge is -2.30. The van der Waals surface area contributed by atoms with Crippen molar-refractivity contribution in [1.82, 2.24) is 10.0 Å². The van der Waals surface area contributed by atoms with Gasteiger partial charge in [0.05, 0.1) is 6.04 Å². The first kappa shape index (κ1) is 13.5. The van der Waals surface area contributed by atoms with Gasteiger partial charge in [0.25, 0.3) is 0 Å². The SMILES string of the molecule is CN(C)C1=CC=CC(N(N)N)C1=Cc1ccccc1. The standard InChI is InChI=1S/C15H20N4/c1-18(2)14-9-6-10-15(19(16)17)13(14)11-12-7-4-3-5-8-12/h3-11,15H,16-17H2,1-2H3. The minimum absolute atomic E-state index is 0.123. The number of hydrogen-bond acceptors (Lipinski definition) is 4. The van der Waals surface area contributed by atoms with Gasteiger partial charge in [-0.15, -0.1) is 0 Å². The Kier molecular flexibility index (Phi) is 4.16. The average Bonchev–Trinajstić information content (AvgIpc) is 2.39. The van der Waals surface area contributed by atoms with Crippen LogP contribution in [0.25, 0.3) is 6.08 Å². The summed E-state index contributed by atoms with van der Waals surface area (Å²) < 4.78 is 0. The fraction of sp³-hybridized carbons (Fsp3) is 0.200. The Morgan fingerprint density at radius 2 is 1.79 bits per heavy atom. The zero-order chi connectivity index (χ0) is 13.8. The van der Waals surface area contributed by atoms with Crippen LogP contribution >= 0.6 is 0 Å². The largest absolute Gasteiger partial charge is 0.377 e. The fourth-order valence-electron chi connectivity index (χ4n) is 2.16. The van der Waals surface area contributed by atoms with Crippen LogP contribution in [0, 0.1) is 0 Å². The van der Waals surface area contributed by atoms with E-state index in [1.807, 2.05) is 44.4 Å². The van der Waals surface area contributed by atoms with E-state index in [1.165, 1.54) is 5.12 Å². The fourth-order valence-corrected chi connectivity index (χ4v) is 2.16. The maximum absolute atomic E-state index is 5.75. The number of nitrogens with zero attached hydrogens (tertiary/aromatic N) is 2. The van der Waals surface area contributed by atoms with Gasteiger partial charge in [0.2, 0.25) is 0 Å². The minimum Gasteiger partial charge on any atom is -0.377 e. The van der Waals surface area contributed by atoms with Crippen LogP contribution in [0.2, 0.25) is 0 Å². The minimum atomic E-state index is -0.123. The molecule has 0 aromatic heterocycles. The second-order valence-corrected chi connectivity index (χ2v) is 4.73. The molecule has 0 radical (unpaired) electrons. The van der Waals surface area contributed by atoms with E-state index in [0.29, 0.717) is 0 Å². The molecule has 0 spiro atoms. The number of benzene rings is 1. The number of rotatable bonds is 3. The zero-order valence-electron chi connectivity index (χ0n) is 11.3. The summed E-state index contributed by atoms with van der Waals surface area (Å²) in [5.41, 5.74) is 3.33. The quantitative estimate of drug-likeness (QED) is 0.635. The molecule has 0 saturated heterocycles. The molecule has 4 nitrogen and oxygen atoms in total. The van der Waals surface area contributed by atoms with Gasteiger partial charge in [0.15, 0.2) is 0 Å². The lowest BCUT2D eigenvalue weighted by Crippen LogP contribution is -2.48. The van der Waals surface area contributed by atoms with Crippen LogP contribution in [0.1, 0.15) is 5.56 Å². The molecule has 0 heterocycles. The molecule has 19 heavy (non-hydrogen) atoms. The van der Waals surface area contributed by atoms with E-state index in [0.717, 1.165) is 16.8 Å². The molecule has 1 aromatic carbocycles. The van der Waals surface area contributed by atoms with Crippen LogP contribution in [0.3, 0.4) is 0 Å². The third kappa shape index (κ3) is 3.12. The first-order chi connectivity index (χ1) is 9.09. The van der Waals surface area contributed by atoms with Gasteiger partial charge in [-0.3, -0.25) is 11.7 Å². The monoisotopic (exact) mass is 256 g/mol. The lowest BCUT2D eigenvalue weighted by molar-refractivity contribution is 0.265. The maximum Gasteiger partial charge on any atom is 0.0848 e. The number of hydrogen-bond donors (Lipinski definition) is 2. The average molecular weight is 256 g/mol. The highest BCUT2D eigenvalue weighted by atomic mass is 15.6. The molecular formula is C15H20N4. The van der Waals surface area contributed by atoms with Gasteiger partial charge in [0.1, 0.15) is 0 Å². The topological polar surface area (TPSA) is 58.5 Å². The lowest BCUT2D eigenvalue weighted by atomic mass is 9.95. The molecule has 1 aliphatic carbocycles. The summed E-state index contributed by atoms with van der Waals surface area (Å²) in [6.45, 7) is 0. The Hall–Kier alpha value is -1.88. The molecule has 1 atom stereocenters. The van der Waals surface area contributed by atoms with Gasteiger partial charge in [0, 0.05) is 19.8 Å². The van der Waals surface area contributed by atoms with Crippen molar-refractivity contribution in [3.63, 3.8) is 0 Å². The highest BCUT2D eigenvalue weighted by molar-refractivity contribution is 5.62. The van der Waals surface area contributed by atoms with Crippen LogP contribution in [0.15, 0.2) is 59.8 Å². The van der Waals surface area contributed by atoms with E-state index in [1.54, 1.807) is 0 Å². The Morgan fingerprint density at radius 3 is 2.37 bits per heavy atom. The summed E-state index contributed by atoms with van der Waals surface area (Å²) in [5.74, 6) is 11.5. The second kappa shape index (κ2) is 5.84. The van der Waals surface area contributed by atoms with Crippen molar-refractivity contribution in [3.8, 4) is 0 Å². The second-order valence-electron chi connectivity index (χ2n) is 4.73. The van der Waals surface area contributed by atoms with Crippen molar-refractivity contribution in [2.24, 2.45) is 11.7 Å². The van der Waals surface area contributed by atoms with E-state index in [-0.39, 0.29) is 6.04 Å². The molecule has 0 amide bonds. The Labute approximate surface area is 114 Å². The molecule has 100 valence electrons. The van der Waals surface area contributed by atoms with Crippen molar-refractivity contribution in [2.45, 2.75) is 6.04 Å². The molecule has 2 rings (SSSR count). The summed E-state index contributed by atoms with van der Waals surface area (Å²) in [5, 5.41) is 1.24. The summed E-state index contributed by atoms with van der Waals surface area (Å²) in [6, 6.07) is 10.0. The van der Waals surface area contributed by atoms with E-state index in [4.69, 9.17) is 11.7 Å². The van der Waals surface area contributed by atoms with Crippen molar-refractivity contribution in [1.29, 1.82) is 0 Å². The van der Waals surface area contributed by atoms with Crippen LogP contribution < -0.4 is 11.7 Å². The van der Waals surface area contributed by atoms with Crippen molar-refractivity contribution >= 4 is 6.08 Å². The number of hydrazine groups is 2. The molecular weight excluding hydrogens is 236 g/mol. The van der Waals surface area contributed by atoms with Gasteiger partial charge in [-0.05, 0) is 23.3 Å². The normalized spacial score (nSPS) is 20.8. The van der Waals surface area contributed by atoms with Crippen LogP contribution in [0.4, 0.5) is 0 Å². The van der Waals surface area contributed by atoms with Crippen molar-refractivity contribution in [2.75, 3.05) is 14.1 Å². The molecule has 1 aliphatic rings. The summed E-state index contributed by atoms with van der Waals surface area (Å²) >= 11 is 0. The molecule has 1 aromatic rings.